The maximum atomic E-state index is 11.1. The summed E-state index contributed by atoms with van der Waals surface area (Å²) in [6.45, 7) is 1.41. The molecule has 0 spiro atoms. The molecule has 19 aromatic rings. The number of hydrogen-bond acceptors (Lipinski definition) is 4. The average Bonchev–Trinajstić information content (AvgIpc) is 0.767. The van der Waals surface area contributed by atoms with Gasteiger partial charge in [-0.25, -0.2) is 0 Å². The summed E-state index contributed by atoms with van der Waals surface area (Å²) in [7, 11) is 1.29. The minimum absolute atomic E-state index is 0.0278. The van der Waals surface area contributed by atoms with Gasteiger partial charge in [-0.2, -0.15) is 0 Å². The van der Waals surface area contributed by atoms with E-state index < -0.39 is 0 Å². The Balaban J connectivity index is 0.000000123. The number of fused-ring (bicyclic) bond motifs is 1. The smallest absolute Gasteiger partial charge is 0.308 e. The van der Waals surface area contributed by atoms with Crippen molar-refractivity contribution < 1.29 is 14.3 Å². The van der Waals surface area contributed by atoms with Crippen LogP contribution >= 0.6 is 35.0 Å². The minimum Gasteiger partial charge on any atom is -0.497 e. The van der Waals surface area contributed by atoms with Gasteiger partial charge in [0.25, 0.3) is 0 Å². The van der Waals surface area contributed by atoms with Crippen LogP contribution in [0, 0.1) is 0 Å². The van der Waals surface area contributed by atoms with Gasteiger partial charge in [-0.05, 0) is 309 Å². The minimum atomic E-state index is -0.303. The first-order chi connectivity index (χ1) is 66.0. The van der Waals surface area contributed by atoms with E-state index in [4.69, 9.17) is 32.7 Å². The van der Waals surface area contributed by atoms with Gasteiger partial charge in [-0.3, -0.25) is 4.79 Å². The van der Waals surface area contributed by atoms with Crippen LogP contribution in [0.5, 0.6) is 11.5 Å². The molecule has 134 heavy (non-hydrogen) atoms. The quantitative estimate of drug-likeness (QED) is 0.0385. The van der Waals surface area contributed by atoms with Crippen LogP contribution in [0.1, 0.15) is 50.5 Å². The lowest BCUT2D eigenvalue weighted by atomic mass is 9.84. The molecule has 0 heterocycles. The molecule has 1 fully saturated rings. The molecule has 0 bridgehead atoms. The van der Waals surface area contributed by atoms with Gasteiger partial charge in [0.15, 0.2) is 83.2 Å². The van der Waals surface area contributed by atoms with Gasteiger partial charge in [0.1, 0.15) is 17.8 Å². The van der Waals surface area contributed by atoms with E-state index in [0.717, 1.165) is 21.7 Å². The number of halogens is 2. The summed E-state index contributed by atoms with van der Waals surface area (Å²) < 4.78 is 10.4. The molecule has 0 saturated heterocycles. The number of hydrogen-bond donors (Lipinski definition) is 0. The third-order valence-corrected chi connectivity index (χ3v) is 36.6. The molecule has 3 nitrogen and oxygen atoms in total. The molecule has 12 heteroatoms. The molecule has 19 aromatic carbocycles. The monoisotopic (exact) mass is 1910 g/mol. The van der Waals surface area contributed by atoms with Crippen LogP contribution in [-0.4, -0.2) is 19.3 Å². The molecular formula is C122H106Cl2O3S7+6. The topological polar surface area (TPSA) is 35.5 Å². The van der Waals surface area contributed by atoms with Crippen molar-refractivity contribution in [1.82, 2.24) is 0 Å². The van der Waals surface area contributed by atoms with Crippen LogP contribution in [0.15, 0.2) is 615 Å². The number of esters is 1. The molecular weight excluding hydrogens is 1810 g/mol. The highest BCUT2D eigenvalue weighted by molar-refractivity contribution is 7.99. The second-order valence-electron chi connectivity index (χ2n) is 31.1. The summed E-state index contributed by atoms with van der Waals surface area (Å²) in [5.41, 5.74) is 1.54. The molecule has 0 aromatic heterocycles. The molecule has 662 valence electrons. The molecule has 20 rings (SSSR count). The largest absolute Gasteiger partial charge is 0.497 e. The zero-order valence-electron chi connectivity index (χ0n) is 75.1. The second-order valence-corrected chi connectivity index (χ2v) is 45.2. The van der Waals surface area contributed by atoms with Crippen LogP contribution in [0.2, 0.25) is 10.0 Å². The van der Waals surface area contributed by atoms with Gasteiger partial charge < -0.3 is 9.47 Å². The maximum absolute atomic E-state index is 11.1. The van der Waals surface area contributed by atoms with Crippen molar-refractivity contribution in [3.63, 3.8) is 0 Å². The maximum Gasteiger partial charge on any atom is 0.308 e. The van der Waals surface area contributed by atoms with Gasteiger partial charge in [0.2, 0.25) is 0 Å². The van der Waals surface area contributed by atoms with E-state index in [1.165, 1.54) is 148 Å². The summed E-state index contributed by atoms with van der Waals surface area (Å²) in [6.07, 6.45) is 9.20. The molecule has 1 saturated carbocycles. The van der Waals surface area contributed by atoms with Gasteiger partial charge in [0.05, 0.1) is 72.5 Å². The van der Waals surface area contributed by atoms with Gasteiger partial charge in [0, 0.05) is 32.1 Å². The first-order valence-electron chi connectivity index (χ1n) is 44.8. The summed E-state index contributed by atoms with van der Waals surface area (Å²) in [6, 6.07) is 183. The number of ether oxygens (including phenoxy) is 2. The third kappa shape index (κ3) is 27.7. The van der Waals surface area contributed by atoms with Crippen LogP contribution < -0.4 is 9.47 Å². The molecule has 0 atom stereocenters. The van der Waals surface area contributed by atoms with Crippen molar-refractivity contribution in [2.45, 2.75) is 138 Å². The Bertz CT molecular complexity index is 6390. The molecule has 1 aliphatic carbocycles. The van der Waals surface area contributed by atoms with Crippen LogP contribution in [0.3, 0.4) is 0 Å². The first kappa shape index (κ1) is 96.3. The molecule has 0 unspecified atom stereocenters. The van der Waals surface area contributed by atoms with E-state index in [-0.39, 0.29) is 71.3 Å². The van der Waals surface area contributed by atoms with Crippen LogP contribution in [0.4, 0.5) is 0 Å². The number of benzene rings is 19. The summed E-state index contributed by atoms with van der Waals surface area (Å²) in [5, 5.41) is 4.12. The number of carbonyl (C=O) groups is 1. The highest BCUT2D eigenvalue weighted by atomic mass is 35.5. The van der Waals surface area contributed by atoms with Gasteiger partial charge in [-0.1, -0.05) is 297 Å². The third-order valence-electron chi connectivity index (χ3n) is 21.9. The summed E-state index contributed by atoms with van der Waals surface area (Å²) >= 11 is 13.9. The van der Waals surface area contributed by atoms with E-state index >= 15 is 0 Å². The predicted octanol–water partition coefficient (Wildman–Crippen LogP) is 33.9. The number of methoxy groups -OCH3 is 1. The second kappa shape index (κ2) is 51.3. The predicted molar refractivity (Wildman–Crippen MR) is 572 cm³/mol. The van der Waals surface area contributed by atoms with E-state index in [1.807, 2.05) is 72.8 Å². The van der Waals surface area contributed by atoms with E-state index in [9.17, 15) is 4.79 Å². The van der Waals surface area contributed by atoms with Crippen LogP contribution in [0.25, 0.3) is 10.8 Å². The fraction of sp³-hybridized carbons (Fsp3) is 0.0738. The van der Waals surface area contributed by atoms with Crippen LogP contribution in [-0.2, 0) is 70.2 Å². The van der Waals surface area contributed by atoms with Crippen molar-refractivity contribution in [2.75, 3.05) is 13.4 Å². The van der Waals surface area contributed by atoms with Crippen molar-refractivity contribution in [1.29, 1.82) is 0 Å². The molecule has 0 amide bonds. The highest BCUT2D eigenvalue weighted by Crippen LogP contribution is 2.41. The Morgan fingerprint density at radius 2 is 0.515 bits per heavy atom. The zero-order chi connectivity index (χ0) is 92.1. The summed E-state index contributed by atoms with van der Waals surface area (Å²) in [4.78, 5) is 36.1. The Labute approximate surface area is 823 Å². The number of carbonyl (C=O) groups excluding carboxylic acids is 1. The lowest BCUT2D eigenvalue weighted by Gasteiger charge is -2.22. The Hall–Kier alpha value is -12.3. The van der Waals surface area contributed by atoms with Crippen molar-refractivity contribution in [2.24, 2.45) is 0 Å². The van der Waals surface area contributed by atoms with Crippen molar-refractivity contribution >= 4 is 117 Å². The zero-order valence-corrected chi connectivity index (χ0v) is 82.3. The Kier molecular flexibility index (Phi) is 36.9. The Morgan fingerprint density at radius 3 is 0.843 bits per heavy atom. The van der Waals surface area contributed by atoms with E-state index in [0.29, 0.717) is 5.75 Å². The lowest BCUT2D eigenvalue weighted by molar-refractivity contribution is -0.131. The SMILES string of the molecule is CC(=O)Oc1ccc([S+](c2ccccc2)c2ccccc2)cc1.COc1ccc([S+](c2ccc(Cl)cc2)c2ccc(Cl)cc2)cc1.C[S+](c1ccccc1)c1ccccc1.c1ccc(Sc2ccc([S+](c3ccccc3)c3ccccc3)cc2)cc1.c1ccc([S+](c2ccccc2)c2ccc(C3CCCCC3)cc2)cc1.c1ccc([S+](c2ccccc2)c2cccc3ccccc23)cc1. The molecule has 1 aliphatic rings. The first-order valence-corrected chi connectivity index (χ1v) is 54.1. The highest BCUT2D eigenvalue weighted by Gasteiger charge is 2.35. The molecule has 0 aliphatic heterocycles. The fourth-order valence-electron chi connectivity index (χ4n) is 15.5. The average molecular weight is 1920 g/mol. The van der Waals surface area contributed by atoms with Gasteiger partial charge in [-0.15, -0.1) is 0 Å². The van der Waals surface area contributed by atoms with E-state index in [2.05, 4.69) is 455 Å². The standard InChI is InChI=1S/C24H19S2.C24H25S.C22H17S.C20H17O2S.C19H15Cl2OS.C13H13S/c1-4-10-20(11-5-1)25-21-16-18-24(19-17-21)26(22-12-6-2-7-13-22)23-14-8-3-9-15-23;1-4-10-20(11-5-1)21-16-18-24(19-17-21)25(22-12-6-2-7-13-22)23-14-8-3-9-15-23;1-3-12-19(13-4-1)23(20-14-5-2-6-15-20)22-17-9-11-18-10-7-8-16-21(18)22;1-16(21)22-17-12-14-20(15-13-17)23(18-8-4-2-5-9-18)19-10-6-3-7-11-19;1-22-16-6-12-19(13-7-16)23(17-8-2-14(20)3-9-17)18-10-4-15(21)5-11-18;1-14(12-8-4-2-5-9-12)13-10-6-3-7-11-13/h1-19H;2-3,6-9,12-20H,1,4-5,10-11H2;1-17H;2-15H,1H3;2-13H,1H3;2-11H,1H3/q6*+1. The number of rotatable bonds is 22. The lowest BCUT2D eigenvalue weighted by Crippen LogP contribution is -2.07. The van der Waals surface area contributed by atoms with E-state index in [1.54, 1.807) is 18.9 Å². The van der Waals surface area contributed by atoms with Gasteiger partial charge >= 0.3 is 5.97 Å². The fourth-order valence-corrected chi connectivity index (χ4v) is 28.5. The summed E-state index contributed by atoms with van der Waals surface area (Å²) in [5.74, 6) is 1.90. The van der Waals surface area contributed by atoms with Crippen molar-refractivity contribution in [3.8, 4) is 11.5 Å². The molecule has 0 radical (unpaired) electrons. The molecule has 0 N–H and O–H groups in total. The Morgan fingerprint density at radius 1 is 0.261 bits per heavy atom. The van der Waals surface area contributed by atoms with Crippen molar-refractivity contribution in [3.05, 3.63) is 537 Å². The normalized spacial score (nSPS) is 11.6.